The number of ether oxygens (including phenoxy) is 1. The fourth-order valence-corrected chi connectivity index (χ4v) is 2.08. The second-order valence-electron chi connectivity index (χ2n) is 3.34. The molecule has 1 aromatic heterocycles. The van der Waals surface area contributed by atoms with E-state index in [0.29, 0.717) is 10.8 Å². The lowest BCUT2D eigenvalue weighted by Gasteiger charge is -2.08. The number of nitrogens with one attached hydrogen (secondary N) is 1. The number of halogens is 2. The third kappa shape index (κ3) is 3.11. The summed E-state index contributed by atoms with van der Waals surface area (Å²) in [6.07, 6.45) is 1.59. The van der Waals surface area contributed by atoms with Crippen molar-refractivity contribution in [3.63, 3.8) is 0 Å². The molecule has 0 amide bonds. The minimum Gasteiger partial charge on any atom is -0.497 e. The zero-order chi connectivity index (χ0) is 12.3. The van der Waals surface area contributed by atoms with Crippen molar-refractivity contribution in [3.05, 3.63) is 46.0 Å². The topological polar surface area (TPSA) is 34.1 Å². The Hall–Kier alpha value is -1.26. The lowest BCUT2D eigenvalue weighted by Crippen LogP contribution is -1.95. The molecule has 88 valence electrons. The van der Waals surface area contributed by atoms with Crippen molar-refractivity contribution >= 4 is 39.0 Å². The first-order chi connectivity index (χ1) is 8.19. The predicted octanol–water partition coefficient (Wildman–Crippen LogP) is 4.25. The molecule has 0 aliphatic heterocycles. The van der Waals surface area contributed by atoms with E-state index in [4.69, 9.17) is 16.3 Å². The van der Waals surface area contributed by atoms with E-state index in [1.807, 2.05) is 24.3 Å². The van der Waals surface area contributed by atoms with Gasteiger partial charge in [0, 0.05) is 18.0 Å². The third-order valence-corrected chi connectivity index (χ3v) is 2.95. The first-order valence-corrected chi connectivity index (χ1v) is 6.08. The SMILES string of the molecule is COc1cccc(Nc2ncc(Cl)cc2Br)c1. The molecule has 17 heavy (non-hydrogen) atoms. The van der Waals surface area contributed by atoms with E-state index in [1.165, 1.54) is 0 Å². The lowest BCUT2D eigenvalue weighted by molar-refractivity contribution is 0.415. The van der Waals surface area contributed by atoms with Crippen LogP contribution in [0.2, 0.25) is 5.02 Å². The lowest BCUT2D eigenvalue weighted by atomic mass is 10.3. The van der Waals surface area contributed by atoms with Crippen molar-refractivity contribution in [2.24, 2.45) is 0 Å². The summed E-state index contributed by atoms with van der Waals surface area (Å²) >= 11 is 9.23. The summed E-state index contributed by atoms with van der Waals surface area (Å²) < 4.78 is 5.96. The van der Waals surface area contributed by atoms with Crippen molar-refractivity contribution in [2.75, 3.05) is 12.4 Å². The number of methoxy groups -OCH3 is 1. The van der Waals surface area contributed by atoms with E-state index in [1.54, 1.807) is 19.4 Å². The van der Waals surface area contributed by atoms with Crippen molar-refractivity contribution in [3.8, 4) is 5.75 Å². The van der Waals surface area contributed by atoms with Gasteiger partial charge in [0.1, 0.15) is 11.6 Å². The zero-order valence-corrected chi connectivity index (χ0v) is 11.4. The van der Waals surface area contributed by atoms with Gasteiger partial charge in [0.05, 0.1) is 16.6 Å². The van der Waals surface area contributed by atoms with Gasteiger partial charge < -0.3 is 10.1 Å². The monoisotopic (exact) mass is 312 g/mol. The third-order valence-electron chi connectivity index (χ3n) is 2.14. The quantitative estimate of drug-likeness (QED) is 0.920. The summed E-state index contributed by atoms with van der Waals surface area (Å²) in [5, 5.41) is 3.77. The molecule has 0 fully saturated rings. The molecule has 2 aromatic rings. The first kappa shape index (κ1) is 12.2. The second kappa shape index (κ2) is 5.38. The van der Waals surface area contributed by atoms with Gasteiger partial charge >= 0.3 is 0 Å². The van der Waals surface area contributed by atoms with Crippen LogP contribution in [-0.2, 0) is 0 Å². The normalized spacial score (nSPS) is 10.1. The molecule has 1 heterocycles. The summed E-state index contributed by atoms with van der Waals surface area (Å²) in [5.74, 6) is 1.50. The molecule has 0 spiro atoms. The van der Waals surface area contributed by atoms with Gasteiger partial charge in [-0.25, -0.2) is 4.98 Å². The van der Waals surface area contributed by atoms with Gasteiger partial charge in [0.25, 0.3) is 0 Å². The van der Waals surface area contributed by atoms with Gasteiger partial charge in [-0.1, -0.05) is 17.7 Å². The van der Waals surface area contributed by atoms with E-state index < -0.39 is 0 Å². The van der Waals surface area contributed by atoms with Gasteiger partial charge in [0.2, 0.25) is 0 Å². The molecular formula is C12H10BrClN2O. The van der Waals surface area contributed by atoms with E-state index in [2.05, 4.69) is 26.2 Å². The smallest absolute Gasteiger partial charge is 0.144 e. The number of hydrogen-bond donors (Lipinski definition) is 1. The minimum absolute atomic E-state index is 0.591. The van der Waals surface area contributed by atoms with Crippen LogP contribution in [0.4, 0.5) is 11.5 Å². The summed E-state index contributed by atoms with van der Waals surface area (Å²) in [6.45, 7) is 0. The van der Waals surface area contributed by atoms with Gasteiger partial charge in [-0.05, 0) is 34.1 Å². The Kier molecular flexibility index (Phi) is 3.86. The highest BCUT2D eigenvalue weighted by Crippen LogP contribution is 2.27. The maximum Gasteiger partial charge on any atom is 0.144 e. The van der Waals surface area contributed by atoms with Crippen LogP contribution in [0.3, 0.4) is 0 Å². The molecule has 0 atom stereocenters. The molecule has 0 aliphatic carbocycles. The molecule has 0 saturated heterocycles. The number of rotatable bonds is 3. The van der Waals surface area contributed by atoms with Crippen molar-refractivity contribution in [1.82, 2.24) is 4.98 Å². The van der Waals surface area contributed by atoms with Gasteiger partial charge in [-0.3, -0.25) is 0 Å². The zero-order valence-electron chi connectivity index (χ0n) is 9.08. The van der Waals surface area contributed by atoms with E-state index in [0.717, 1.165) is 15.9 Å². The second-order valence-corrected chi connectivity index (χ2v) is 4.63. The molecule has 0 bridgehead atoms. The number of aromatic nitrogens is 1. The van der Waals surface area contributed by atoms with Gasteiger partial charge in [0.15, 0.2) is 0 Å². The summed E-state index contributed by atoms with van der Waals surface area (Å²) in [5.41, 5.74) is 0.903. The van der Waals surface area contributed by atoms with Crippen LogP contribution in [0.25, 0.3) is 0 Å². The van der Waals surface area contributed by atoms with Crippen LogP contribution in [0.1, 0.15) is 0 Å². The average molecular weight is 314 g/mol. The van der Waals surface area contributed by atoms with Crippen molar-refractivity contribution in [1.29, 1.82) is 0 Å². The highest BCUT2D eigenvalue weighted by atomic mass is 79.9. The predicted molar refractivity (Wildman–Crippen MR) is 73.2 cm³/mol. The Bertz CT molecular complexity index is 534. The number of benzene rings is 1. The van der Waals surface area contributed by atoms with Crippen LogP contribution in [-0.4, -0.2) is 12.1 Å². The number of anilines is 2. The molecule has 0 aliphatic rings. The number of pyridine rings is 1. The standard InChI is InChI=1S/C12H10BrClN2O/c1-17-10-4-2-3-9(6-10)16-12-11(13)5-8(14)7-15-12/h2-7H,1H3,(H,15,16). The molecule has 3 nitrogen and oxygen atoms in total. The Morgan fingerprint density at radius 2 is 2.18 bits per heavy atom. The summed E-state index contributed by atoms with van der Waals surface area (Å²) in [4.78, 5) is 4.20. The van der Waals surface area contributed by atoms with Crippen LogP contribution in [0.5, 0.6) is 5.75 Å². The Morgan fingerprint density at radius 3 is 2.88 bits per heavy atom. The van der Waals surface area contributed by atoms with Crippen molar-refractivity contribution < 1.29 is 4.74 Å². The van der Waals surface area contributed by atoms with Gasteiger partial charge in [-0.15, -0.1) is 0 Å². The molecule has 1 aromatic carbocycles. The first-order valence-electron chi connectivity index (χ1n) is 4.91. The van der Waals surface area contributed by atoms with E-state index >= 15 is 0 Å². The van der Waals surface area contributed by atoms with Crippen LogP contribution < -0.4 is 10.1 Å². The van der Waals surface area contributed by atoms with Crippen LogP contribution >= 0.6 is 27.5 Å². The molecule has 0 unspecified atom stereocenters. The fourth-order valence-electron chi connectivity index (χ4n) is 1.34. The van der Waals surface area contributed by atoms with Crippen LogP contribution in [0, 0.1) is 0 Å². The van der Waals surface area contributed by atoms with E-state index in [9.17, 15) is 0 Å². The van der Waals surface area contributed by atoms with Crippen LogP contribution in [0.15, 0.2) is 41.0 Å². The number of hydrogen-bond acceptors (Lipinski definition) is 3. The molecule has 0 radical (unpaired) electrons. The summed E-state index contributed by atoms with van der Waals surface area (Å²) in [6, 6.07) is 9.41. The highest BCUT2D eigenvalue weighted by molar-refractivity contribution is 9.10. The average Bonchev–Trinajstić information content (AvgIpc) is 2.33. The molecular weight excluding hydrogens is 304 g/mol. The van der Waals surface area contributed by atoms with Crippen molar-refractivity contribution in [2.45, 2.75) is 0 Å². The fraction of sp³-hybridized carbons (Fsp3) is 0.0833. The Balaban J connectivity index is 2.25. The van der Waals surface area contributed by atoms with E-state index in [-0.39, 0.29) is 0 Å². The highest BCUT2D eigenvalue weighted by Gasteiger charge is 2.03. The molecule has 1 N–H and O–H groups in total. The Morgan fingerprint density at radius 1 is 1.35 bits per heavy atom. The molecule has 2 rings (SSSR count). The summed E-state index contributed by atoms with van der Waals surface area (Å²) in [7, 11) is 1.63. The molecule has 0 saturated carbocycles. The largest absolute Gasteiger partial charge is 0.497 e. The number of nitrogens with zero attached hydrogens (tertiary/aromatic N) is 1. The Labute approximate surface area is 113 Å². The maximum absolute atomic E-state index is 5.83. The maximum atomic E-state index is 5.83. The van der Waals surface area contributed by atoms with Gasteiger partial charge in [-0.2, -0.15) is 0 Å². The minimum atomic E-state index is 0.591. The molecule has 5 heteroatoms.